The van der Waals surface area contributed by atoms with Gasteiger partial charge in [-0.15, -0.1) is 0 Å². The number of anilines is 1. The molecule has 4 nitrogen and oxygen atoms in total. The highest BCUT2D eigenvalue weighted by atomic mass is 19.2. The van der Waals surface area contributed by atoms with Crippen molar-refractivity contribution >= 4 is 11.7 Å². The number of halogens is 2. The van der Waals surface area contributed by atoms with Crippen LogP contribution >= 0.6 is 0 Å². The summed E-state index contributed by atoms with van der Waals surface area (Å²) in [6.07, 6.45) is -0.0555. The molecule has 0 saturated carbocycles. The Hall–Kier alpha value is -1.69. The normalized spacial score (nSPS) is 12.3. The number of hydrogen-bond acceptors (Lipinski definition) is 3. The van der Waals surface area contributed by atoms with Gasteiger partial charge < -0.3 is 15.7 Å². The first-order valence-electron chi connectivity index (χ1n) is 4.97. The molecule has 0 bridgehead atoms. The van der Waals surface area contributed by atoms with Crippen LogP contribution in [-0.4, -0.2) is 31.2 Å². The van der Waals surface area contributed by atoms with E-state index in [1.165, 1.54) is 11.0 Å². The third kappa shape index (κ3) is 2.91. The maximum Gasteiger partial charge on any atom is 0.320 e. The monoisotopic (exact) mass is 244 g/mol. The van der Waals surface area contributed by atoms with Gasteiger partial charge in [-0.1, -0.05) is 6.07 Å². The molecule has 94 valence electrons. The van der Waals surface area contributed by atoms with Crippen LogP contribution in [0.2, 0.25) is 0 Å². The van der Waals surface area contributed by atoms with Gasteiger partial charge in [-0.2, -0.15) is 0 Å². The van der Waals surface area contributed by atoms with Crippen molar-refractivity contribution in [2.24, 2.45) is 5.73 Å². The van der Waals surface area contributed by atoms with E-state index in [9.17, 15) is 13.6 Å². The molecule has 1 aromatic rings. The number of rotatable bonds is 4. The molecule has 17 heavy (non-hydrogen) atoms. The second-order valence-electron chi connectivity index (χ2n) is 3.91. The van der Waals surface area contributed by atoms with E-state index in [-0.39, 0.29) is 12.1 Å². The van der Waals surface area contributed by atoms with Crippen LogP contribution in [0.3, 0.4) is 0 Å². The molecule has 0 heterocycles. The van der Waals surface area contributed by atoms with Crippen LogP contribution < -0.4 is 10.6 Å². The van der Waals surface area contributed by atoms with E-state index >= 15 is 0 Å². The van der Waals surface area contributed by atoms with Crippen LogP contribution in [-0.2, 0) is 11.2 Å². The molecular weight excluding hydrogens is 230 g/mol. The Kier molecular flexibility index (Phi) is 4.01. The first-order chi connectivity index (χ1) is 7.84. The number of carboxylic acid groups (broad SMARTS) is 1. The highest BCUT2D eigenvalue weighted by Crippen LogP contribution is 2.25. The number of hydrogen-bond donors (Lipinski definition) is 2. The SMILES string of the molecule is CN(C)c1c(CC(N)C(=O)O)ccc(F)c1F. The fourth-order valence-electron chi connectivity index (χ4n) is 1.55. The molecule has 0 saturated heterocycles. The van der Waals surface area contributed by atoms with Gasteiger partial charge in [0.25, 0.3) is 0 Å². The second kappa shape index (κ2) is 5.09. The van der Waals surface area contributed by atoms with Gasteiger partial charge >= 0.3 is 5.97 Å². The molecule has 0 aliphatic rings. The highest BCUT2D eigenvalue weighted by molar-refractivity contribution is 5.74. The minimum Gasteiger partial charge on any atom is -0.480 e. The lowest BCUT2D eigenvalue weighted by atomic mass is 10.0. The molecule has 3 N–H and O–H groups in total. The zero-order valence-corrected chi connectivity index (χ0v) is 9.58. The van der Waals surface area contributed by atoms with Crippen LogP contribution in [0, 0.1) is 11.6 Å². The molecule has 1 unspecified atom stereocenters. The highest BCUT2D eigenvalue weighted by Gasteiger charge is 2.19. The molecule has 0 aliphatic carbocycles. The summed E-state index contributed by atoms with van der Waals surface area (Å²) in [6, 6.07) is 1.17. The molecule has 0 spiro atoms. The van der Waals surface area contributed by atoms with Crippen molar-refractivity contribution in [3.8, 4) is 0 Å². The quantitative estimate of drug-likeness (QED) is 0.828. The Morgan fingerprint density at radius 1 is 1.47 bits per heavy atom. The molecule has 0 radical (unpaired) electrons. The van der Waals surface area contributed by atoms with E-state index in [1.54, 1.807) is 14.1 Å². The molecule has 6 heteroatoms. The first kappa shape index (κ1) is 13.4. The Bertz CT molecular complexity index is 436. The number of benzene rings is 1. The second-order valence-corrected chi connectivity index (χ2v) is 3.91. The maximum absolute atomic E-state index is 13.6. The van der Waals surface area contributed by atoms with E-state index in [0.29, 0.717) is 5.56 Å². The molecule has 1 rings (SSSR count). The summed E-state index contributed by atoms with van der Waals surface area (Å²) in [4.78, 5) is 12.0. The zero-order valence-electron chi connectivity index (χ0n) is 9.58. The molecule has 1 atom stereocenters. The summed E-state index contributed by atoms with van der Waals surface area (Å²) in [5, 5.41) is 8.69. The summed E-state index contributed by atoms with van der Waals surface area (Å²) in [5.74, 6) is -3.15. The minimum absolute atomic E-state index is 0.0294. The minimum atomic E-state index is -1.18. The Labute approximate surface area is 97.6 Å². The lowest BCUT2D eigenvalue weighted by Gasteiger charge is -2.19. The Morgan fingerprint density at radius 3 is 2.53 bits per heavy atom. The smallest absolute Gasteiger partial charge is 0.320 e. The van der Waals surface area contributed by atoms with Crippen LogP contribution in [0.4, 0.5) is 14.5 Å². The van der Waals surface area contributed by atoms with E-state index in [1.807, 2.05) is 0 Å². The topological polar surface area (TPSA) is 66.6 Å². The number of carboxylic acids is 1. The van der Waals surface area contributed by atoms with Crippen molar-refractivity contribution < 1.29 is 18.7 Å². The predicted molar refractivity (Wildman–Crippen MR) is 60.0 cm³/mol. The molecule has 1 aromatic carbocycles. The van der Waals surface area contributed by atoms with Crippen LogP contribution in [0.25, 0.3) is 0 Å². The first-order valence-corrected chi connectivity index (χ1v) is 4.97. The van der Waals surface area contributed by atoms with Gasteiger partial charge in [0.15, 0.2) is 11.6 Å². The average molecular weight is 244 g/mol. The summed E-state index contributed by atoms with van der Waals surface area (Å²) < 4.78 is 26.6. The molecule has 0 aromatic heterocycles. The van der Waals surface area contributed by atoms with Crippen LogP contribution in [0.5, 0.6) is 0 Å². The van der Waals surface area contributed by atoms with Crippen molar-refractivity contribution in [2.75, 3.05) is 19.0 Å². The Balaban J connectivity index is 3.16. The number of carbonyl (C=O) groups is 1. The van der Waals surface area contributed by atoms with E-state index < -0.39 is 23.6 Å². The summed E-state index contributed by atoms with van der Waals surface area (Å²) in [5.41, 5.74) is 5.77. The summed E-state index contributed by atoms with van der Waals surface area (Å²) in [6.45, 7) is 0. The fourth-order valence-corrected chi connectivity index (χ4v) is 1.55. The van der Waals surface area contributed by atoms with Crippen molar-refractivity contribution in [2.45, 2.75) is 12.5 Å². The largest absolute Gasteiger partial charge is 0.480 e. The lowest BCUT2D eigenvalue weighted by Crippen LogP contribution is -2.33. The number of nitrogens with two attached hydrogens (primary N) is 1. The van der Waals surface area contributed by atoms with Gasteiger partial charge in [-0.3, -0.25) is 4.79 Å². The van der Waals surface area contributed by atoms with Gasteiger partial charge in [0.2, 0.25) is 0 Å². The van der Waals surface area contributed by atoms with E-state index in [0.717, 1.165) is 6.07 Å². The molecule has 0 amide bonds. The fraction of sp³-hybridized carbons (Fsp3) is 0.364. The van der Waals surface area contributed by atoms with Crippen LogP contribution in [0.1, 0.15) is 5.56 Å². The van der Waals surface area contributed by atoms with Crippen molar-refractivity contribution in [1.82, 2.24) is 0 Å². The molecular formula is C11H14F2N2O2. The van der Waals surface area contributed by atoms with Crippen molar-refractivity contribution in [3.63, 3.8) is 0 Å². The molecule has 0 fully saturated rings. The standard InChI is InChI=1S/C11H14F2N2O2/c1-15(2)10-6(5-8(14)11(16)17)3-4-7(12)9(10)13/h3-4,8H,5,14H2,1-2H3,(H,16,17). The zero-order chi connectivity index (χ0) is 13.2. The predicted octanol–water partition coefficient (Wildman–Crippen LogP) is 0.985. The summed E-state index contributed by atoms with van der Waals surface area (Å²) in [7, 11) is 3.10. The van der Waals surface area contributed by atoms with Gasteiger partial charge in [0.05, 0.1) is 5.69 Å². The number of aliphatic carboxylic acids is 1. The maximum atomic E-state index is 13.6. The van der Waals surface area contributed by atoms with Crippen molar-refractivity contribution in [1.29, 1.82) is 0 Å². The Morgan fingerprint density at radius 2 is 2.06 bits per heavy atom. The van der Waals surface area contributed by atoms with E-state index in [4.69, 9.17) is 10.8 Å². The van der Waals surface area contributed by atoms with Gasteiger partial charge in [-0.05, 0) is 11.6 Å². The van der Waals surface area contributed by atoms with E-state index in [2.05, 4.69) is 0 Å². The van der Waals surface area contributed by atoms with Crippen molar-refractivity contribution in [3.05, 3.63) is 29.3 Å². The third-order valence-electron chi connectivity index (χ3n) is 2.36. The average Bonchev–Trinajstić information content (AvgIpc) is 2.22. The van der Waals surface area contributed by atoms with Gasteiger partial charge in [0.1, 0.15) is 6.04 Å². The summed E-state index contributed by atoms with van der Waals surface area (Å²) >= 11 is 0. The molecule has 0 aliphatic heterocycles. The lowest BCUT2D eigenvalue weighted by molar-refractivity contribution is -0.138. The van der Waals surface area contributed by atoms with Gasteiger partial charge in [-0.25, -0.2) is 8.78 Å². The van der Waals surface area contributed by atoms with Gasteiger partial charge in [0, 0.05) is 20.5 Å². The van der Waals surface area contributed by atoms with Crippen LogP contribution in [0.15, 0.2) is 12.1 Å². The number of nitrogens with zero attached hydrogens (tertiary/aromatic N) is 1. The third-order valence-corrected chi connectivity index (χ3v) is 2.36.